The van der Waals surface area contributed by atoms with E-state index in [1.54, 1.807) is 0 Å². The Balaban J connectivity index is 2.14. The molecule has 0 spiro atoms. The van der Waals surface area contributed by atoms with E-state index in [1.165, 1.54) is 11.1 Å². The number of likely N-dealkylation sites (tertiary alicyclic amines) is 1. The maximum Gasteiger partial charge on any atom is 0.308 e. The van der Waals surface area contributed by atoms with Crippen LogP contribution in [0.5, 0.6) is 0 Å². The van der Waals surface area contributed by atoms with Gasteiger partial charge >= 0.3 is 5.97 Å². The van der Waals surface area contributed by atoms with Crippen LogP contribution in [0.3, 0.4) is 0 Å². The SMILES string of the molecule is Cc1ccccc1C(C)N1CC(C)C(C(=O)O)C1. The first-order chi connectivity index (χ1) is 8.50. The van der Waals surface area contributed by atoms with Crippen molar-refractivity contribution < 1.29 is 9.90 Å². The summed E-state index contributed by atoms with van der Waals surface area (Å²) in [6, 6.07) is 8.63. The minimum Gasteiger partial charge on any atom is -0.481 e. The smallest absolute Gasteiger partial charge is 0.308 e. The van der Waals surface area contributed by atoms with Gasteiger partial charge in [-0.15, -0.1) is 0 Å². The van der Waals surface area contributed by atoms with Crippen molar-refractivity contribution in [3.8, 4) is 0 Å². The summed E-state index contributed by atoms with van der Waals surface area (Å²) in [7, 11) is 0. The Morgan fingerprint density at radius 1 is 1.39 bits per heavy atom. The molecule has 3 heteroatoms. The quantitative estimate of drug-likeness (QED) is 0.892. The topological polar surface area (TPSA) is 40.5 Å². The van der Waals surface area contributed by atoms with Gasteiger partial charge in [0.1, 0.15) is 0 Å². The number of hydrogen-bond donors (Lipinski definition) is 1. The summed E-state index contributed by atoms with van der Waals surface area (Å²) >= 11 is 0. The highest BCUT2D eigenvalue weighted by atomic mass is 16.4. The highest BCUT2D eigenvalue weighted by Gasteiger charge is 2.36. The van der Waals surface area contributed by atoms with Crippen LogP contribution in [0.4, 0.5) is 0 Å². The van der Waals surface area contributed by atoms with Gasteiger partial charge in [0.05, 0.1) is 5.92 Å². The second-order valence-corrected chi connectivity index (χ2v) is 5.41. The predicted molar refractivity (Wildman–Crippen MR) is 71.5 cm³/mol. The number of carbonyl (C=O) groups is 1. The summed E-state index contributed by atoms with van der Waals surface area (Å²) in [5, 5.41) is 9.18. The van der Waals surface area contributed by atoms with Gasteiger partial charge in [-0.1, -0.05) is 31.2 Å². The third-order valence-electron chi connectivity index (χ3n) is 4.14. The van der Waals surface area contributed by atoms with Crippen LogP contribution >= 0.6 is 0 Å². The molecule has 1 N–H and O–H groups in total. The fourth-order valence-corrected chi connectivity index (χ4v) is 2.89. The van der Waals surface area contributed by atoms with Gasteiger partial charge in [-0.25, -0.2) is 0 Å². The van der Waals surface area contributed by atoms with Gasteiger partial charge in [0, 0.05) is 19.1 Å². The summed E-state index contributed by atoms with van der Waals surface area (Å²) in [6.45, 7) is 7.83. The molecule has 1 aliphatic heterocycles. The maximum absolute atomic E-state index is 11.2. The molecule has 1 saturated heterocycles. The van der Waals surface area contributed by atoms with E-state index in [4.69, 9.17) is 0 Å². The molecule has 1 aromatic carbocycles. The largest absolute Gasteiger partial charge is 0.481 e. The van der Waals surface area contributed by atoms with E-state index < -0.39 is 5.97 Å². The van der Waals surface area contributed by atoms with Gasteiger partial charge < -0.3 is 5.11 Å². The molecule has 0 saturated carbocycles. The second kappa shape index (κ2) is 5.11. The summed E-state index contributed by atoms with van der Waals surface area (Å²) < 4.78 is 0. The summed E-state index contributed by atoms with van der Waals surface area (Å²) in [5.74, 6) is -0.660. The van der Waals surface area contributed by atoms with Crippen LogP contribution in [0.2, 0.25) is 0 Å². The predicted octanol–water partition coefficient (Wildman–Crippen LogP) is 2.71. The minimum absolute atomic E-state index is 0.225. The molecular weight excluding hydrogens is 226 g/mol. The van der Waals surface area contributed by atoms with Crippen molar-refractivity contribution in [2.24, 2.45) is 11.8 Å². The van der Waals surface area contributed by atoms with Crippen molar-refractivity contribution >= 4 is 5.97 Å². The molecule has 98 valence electrons. The number of rotatable bonds is 3. The van der Waals surface area contributed by atoms with Gasteiger partial charge in [-0.3, -0.25) is 9.69 Å². The Labute approximate surface area is 108 Å². The first-order valence-electron chi connectivity index (χ1n) is 6.53. The van der Waals surface area contributed by atoms with Crippen LogP contribution in [-0.4, -0.2) is 29.1 Å². The zero-order chi connectivity index (χ0) is 13.3. The monoisotopic (exact) mass is 247 g/mol. The lowest BCUT2D eigenvalue weighted by Gasteiger charge is -2.26. The van der Waals surface area contributed by atoms with Crippen molar-refractivity contribution in [2.45, 2.75) is 26.8 Å². The number of aliphatic carboxylic acids is 1. The number of aryl methyl sites for hydroxylation is 1. The summed E-state index contributed by atoms with van der Waals surface area (Å²) in [5.41, 5.74) is 2.58. The molecular formula is C15H21NO2. The molecule has 0 aromatic heterocycles. The van der Waals surface area contributed by atoms with Crippen molar-refractivity contribution in [3.63, 3.8) is 0 Å². The Morgan fingerprint density at radius 2 is 2.06 bits per heavy atom. The van der Waals surface area contributed by atoms with Crippen molar-refractivity contribution in [1.29, 1.82) is 0 Å². The summed E-state index contributed by atoms with van der Waals surface area (Å²) in [6.07, 6.45) is 0. The Kier molecular flexibility index (Phi) is 3.71. The molecule has 1 fully saturated rings. The van der Waals surface area contributed by atoms with E-state index in [0.717, 1.165) is 6.54 Å². The molecule has 1 aromatic rings. The van der Waals surface area contributed by atoms with Crippen LogP contribution in [0.25, 0.3) is 0 Å². The summed E-state index contributed by atoms with van der Waals surface area (Å²) in [4.78, 5) is 13.4. The van der Waals surface area contributed by atoms with E-state index in [1.807, 2.05) is 19.1 Å². The van der Waals surface area contributed by atoms with Crippen LogP contribution in [0.15, 0.2) is 24.3 Å². The first kappa shape index (κ1) is 13.1. The highest BCUT2D eigenvalue weighted by Crippen LogP contribution is 2.32. The van der Waals surface area contributed by atoms with Crippen LogP contribution < -0.4 is 0 Å². The number of carboxylic acids is 1. The third-order valence-corrected chi connectivity index (χ3v) is 4.14. The number of benzene rings is 1. The molecule has 1 heterocycles. The molecule has 1 aliphatic rings. The lowest BCUT2D eigenvalue weighted by atomic mass is 9.99. The van der Waals surface area contributed by atoms with E-state index in [0.29, 0.717) is 6.54 Å². The zero-order valence-electron chi connectivity index (χ0n) is 11.3. The minimum atomic E-state index is -0.665. The van der Waals surface area contributed by atoms with Crippen molar-refractivity contribution in [3.05, 3.63) is 35.4 Å². The molecule has 18 heavy (non-hydrogen) atoms. The van der Waals surface area contributed by atoms with E-state index >= 15 is 0 Å². The fourth-order valence-electron chi connectivity index (χ4n) is 2.89. The average molecular weight is 247 g/mol. The van der Waals surface area contributed by atoms with Gasteiger partial charge in [-0.2, -0.15) is 0 Å². The number of hydrogen-bond acceptors (Lipinski definition) is 2. The zero-order valence-corrected chi connectivity index (χ0v) is 11.3. The maximum atomic E-state index is 11.2. The number of nitrogens with zero attached hydrogens (tertiary/aromatic N) is 1. The van der Waals surface area contributed by atoms with Crippen molar-refractivity contribution in [1.82, 2.24) is 4.90 Å². The lowest BCUT2D eigenvalue weighted by molar-refractivity contribution is -0.142. The first-order valence-corrected chi connectivity index (χ1v) is 6.53. The lowest BCUT2D eigenvalue weighted by Crippen LogP contribution is -2.26. The van der Waals surface area contributed by atoms with Crippen molar-refractivity contribution in [2.75, 3.05) is 13.1 Å². The average Bonchev–Trinajstić information content (AvgIpc) is 2.71. The molecule has 3 atom stereocenters. The second-order valence-electron chi connectivity index (χ2n) is 5.41. The molecule has 0 aliphatic carbocycles. The van der Waals surface area contributed by atoms with Gasteiger partial charge in [0.2, 0.25) is 0 Å². The molecule has 2 rings (SSSR count). The molecule has 0 amide bonds. The fraction of sp³-hybridized carbons (Fsp3) is 0.533. The Morgan fingerprint density at radius 3 is 2.61 bits per heavy atom. The van der Waals surface area contributed by atoms with Crippen LogP contribution in [0.1, 0.15) is 31.0 Å². The van der Waals surface area contributed by atoms with Gasteiger partial charge in [-0.05, 0) is 30.9 Å². The highest BCUT2D eigenvalue weighted by molar-refractivity contribution is 5.71. The Bertz CT molecular complexity index is 444. The number of carboxylic acid groups (broad SMARTS) is 1. The van der Waals surface area contributed by atoms with Crippen LogP contribution in [0, 0.1) is 18.8 Å². The van der Waals surface area contributed by atoms with E-state index in [-0.39, 0.29) is 17.9 Å². The third kappa shape index (κ3) is 2.41. The molecule has 3 unspecified atom stereocenters. The molecule has 0 radical (unpaired) electrons. The molecule has 0 bridgehead atoms. The molecule has 3 nitrogen and oxygen atoms in total. The normalized spacial score (nSPS) is 26.2. The van der Waals surface area contributed by atoms with Gasteiger partial charge in [0.25, 0.3) is 0 Å². The standard InChI is InChI=1S/C15H21NO2/c1-10-6-4-5-7-13(10)12(3)16-8-11(2)14(9-16)15(17)18/h4-7,11-12,14H,8-9H2,1-3H3,(H,17,18). The van der Waals surface area contributed by atoms with Crippen LogP contribution in [-0.2, 0) is 4.79 Å². The van der Waals surface area contributed by atoms with Gasteiger partial charge in [0.15, 0.2) is 0 Å². The Hall–Kier alpha value is -1.35. The van der Waals surface area contributed by atoms with E-state index in [2.05, 4.69) is 30.9 Å². The van der Waals surface area contributed by atoms with E-state index in [9.17, 15) is 9.90 Å².